The Balaban J connectivity index is 0.000000349. The van der Waals surface area contributed by atoms with Gasteiger partial charge in [0.05, 0.1) is 13.2 Å². The normalized spacial score (nSPS) is 24.1. The number of hydrogen-bond acceptors (Lipinski definition) is 2. The first-order valence-electron chi connectivity index (χ1n) is 22.0. The minimum atomic E-state index is -0.190. The molecule has 3 aliphatic carbocycles. The first-order chi connectivity index (χ1) is 22.8. The minimum absolute atomic E-state index is 0.156. The van der Waals surface area contributed by atoms with Crippen LogP contribution in [0.15, 0.2) is 0 Å². The quantitative estimate of drug-likeness (QED) is 0.313. The summed E-state index contributed by atoms with van der Waals surface area (Å²) in [5.41, 5.74) is -0.190. The molecule has 3 rings (SSSR count). The average molecular weight is 649 g/mol. The van der Waals surface area contributed by atoms with Crippen molar-refractivity contribution in [2.24, 2.45) is 5.41 Å². The zero-order chi connectivity index (χ0) is 32.9. The van der Waals surface area contributed by atoms with Crippen molar-refractivity contribution in [3.8, 4) is 0 Å². The molecule has 0 bridgehead atoms. The van der Waals surface area contributed by atoms with E-state index in [1.807, 2.05) is 0 Å². The fraction of sp³-hybridized carbons (Fsp3) is 1.00. The zero-order valence-corrected chi connectivity index (χ0v) is 31.8. The van der Waals surface area contributed by atoms with Crippen LogP contribution in [0.4, 0.5) is 0 Å². The molecule has 3 saturated carbocycles. The molecule has 0 amide bonds. The molecule has 0 saturated heterocycles. The lowest BCUT2D eigenvalue weighted by atomic mass is 9.79. The molecule has 0 atom stereocenters. The maximum Gasteiger partial charge on any atom is 0.0509 e. The standard InChI is InChI=1S/C16H32O2.2C14H28/c17-14-16(15-18)12-10-8-6-4-2-1-3-5-7-9-11-13-16;2*1-2-4-6-8-10-12-14-13-11-9-7-5-3-1/h17-18H,1-15H2;2*1-14H2. The zero-order valence-electron chi connectivity index (χ0n) is 31.8. The van der Waals surface area contributed by atoms with Crippen LogP contribution >= 0.6 is 0 Å². The van der Waals surface area contributed by atoms with Crippen LogP contribution in [0.1, 0.15) is 263 Å². The van der Waals surface area contributed by atoms with E-state index in [2.05, 4.69) is 0 Å². The Morgan fingerprint density at radius 1 is 0.196 bits per heavy atom. The van der Waals surface area contributed by atoms with Gasteiger partial charge in [0.2, 0.25) is 0 Å². The molecular weight excluding hydrogens is 560 g/mol. The van der Waals surface area contributed by atoms with Crippen LogP contribution in [0, 0.1) is 5.41 Å². The largest absolute Gasteiger partial charge is 0.396 e. The third-order valence-electron chi connectivity index (χ3n) is 11.6. The fourth-order valence-electron chi connectivity index (χ4n) is 8.03. The Kier molecular flexibility index (Phi) is 34.6. The van der Waals surface area contributed by atoms with E-state index in [0.717, 1.165) is 12.8 Å². The summed E-state index contributed by atoms with van der Waals surface area (Å²) in [7, 11) is 0. The number of hydrogen-bond donors (Lipinski definition) is 2. The maximum absolute atomic E-state index is 9.59. The van der Waals surface area contributed by atoms with Gasteiger partial charge in [0, 0.05) is 5.41 Å². The average Bonchev–Trinajstić information content (AvgIpc) is 3.08. The van der Waals surface area contributed by atoms with Gasteiger partial charge in [-0.05, 0) is 12.8 Å². The molecule has 0 aromatic rings. The molecule has 2 heteroatoms. The summed E-state index contributed by atoms with van der Waals surface area (Å²) < 4.78 is 0. The number of aliphatic hydroxyl groups is 2. The van der Waals surface area contributed by atoms with Crippen LogP contribution in [0.2, 0.25) is 0 Å². The fourth-order valence-corrected chi connectivity index (χ4v) is 8.03. The van der Waals surface area contributed by atoms with Gasteiger partial charge in [0.15, 0.2) is 0 Å². The van der Waals surface area contributed by atoms with Crippen molar-refractivity contribution in [2.45, 2.75) is 263 Å². The van der Waals surface area contributed by atoms with Crippen molar-refractivity contribution in [1.29, 1.82) is 0 Å². The van der Waals surface area contributed by atoms with Crippen molar-refractivity contribution in [2.75, 3.05) is 13.2 Å². The maximum atomic E-state index is 9.59. The van der Waals surface area contributed by atoms with Gasteiger partial charge in [0.1, 0.15) is 0 Å². The summed E-state index contributed by atoms with van der Waals surface area (Å²) in [5.74, 6) is 0. The highest BCUT2D eigenvalue weighted by Crippen LogP contribution is 2.31. The SMILES string of the molecule is C1CCCCCCCCCCCCC1.C1CCCCCCCCCCCCC1.OCC1(CO)CCCCCCCCCCCCC1. The molecule has 0 unspecified atom stereocenters. The van der Waals surface area contributed by atoms with Crippen LogP contribution in [-0.2, 0) is 0 Å². The smallest absolute Gasteiger partial charge is 0.0509 e. The molecule has 46 heavy (non-hydrogen) atoms. The lowest BCUT2D eigenvalue weighted by molar-refractivity contribution is 0.0352. The Hall–Kier alpha value is -0.0800. The van der Waals surface area contributed by atoms with Gasteiger partial charge < -0.3 is 10.2 Å². The van der Waals surface area contributed by atoms with Crippen molar-refractivity contribution >= 4 is 0 Å². The van der Waals surface area contributed by atoms with E-state index in [1.54, 1.807) is 0 Å². The van der Waals surface area contributed by atoms with E-state index in [0.29, 0.717) is 0 Å². The van der Waals surface area contributed by atoms with E-state index in [4.69, 9.17) is 0 Å². The highest BCUT2D eigenvalue weighted by molar-refractivity contribution is 4.78. The monoisotopic (exact) mass is 649 g/mol. The molecule has 2 nitrogen and oxygen atoms in total. The van der Waals surface area contributed by atoms with E-state index in [9.17, 15) is 10.2 Å². The molecule has 3 aliphatic rings. The van der Waals surface area contributed by atoms with Crippen LogP contribution in [0.25, 0.3) is 0 Å². The van der Waals surface area contributed by atoms with Crippen LogP contribution in [0.5, 0.6) is 0 Å². The van der Waals surface area contributed by atoms with Gasteiger partial charge in [-0.15, -0.1) is 0 Å². The lowest BCUT2D eigenvalue weighted by Crippen LogP contribution is -2.30. The highest BCUT2D eigenvalue weighted by atomic mass is 16.3. The van der Waals surface area contributed by atoms with Gasteiger partial charge >= 0.3 is 0 Å². The molecule has 0 radical (unpaired) electrons. The van der Waals surface area contributed by atoms with E-state index in [-0.39, 0.29) is 18.6 Å². The van der Waals surface area contributed by atoms with Crippen LogP contribution < -0.4 is 0 Å². The topological polar surface area (TPSA) is 40.5 Å². The Morgan fingerprint density at radius 2 is 0.304 bits per heavy atom. The molecule has 0 heterocycles. The van der Waals surface area contributed by atoms with Gasteiger partial charge in [-0.2, -0.15) is 0 Å². The summed E-state index contributed by atoms with van der Waals surface area (Å²) >= 11 is 0. The molecule has 0 aliphatic heterocycles. The Labute approximate surface area is 291 Å². The summed E-state index contributed by atoms with van der Waals surface area (Å²) in [6.07, 6.45) is 58.5. The summed E-state index contributed by atoms with van der Waals surface area (Å²) in [6.45, 7) is 0.312. The summed E-state index contributed by atoms with van der Waals surface area (Å²) in [5, 5.41) is 19.2. The van der Waals surface area contributed by atoms with E-state index < -0.39 is 0 Å². The molecular formula is C44H88O2. The van der Waals surface area contributed by atoms with Crippen LogP contribution in [0.3, 0.4) is 0 Å². The predicted octanol–water partition coefficient (Wildman–Crippen LogP) is 15.0. The van der Waals surface area contributed by atoms with Gasteiger partial charge in [-0.25, -0.2) is 0 Å². The second-order valence-electron chi connectivity index (χ2n) is 16.1. The van der Waals surface area contributed by atoms with Crippen LogP contribution in [-0.4, -0.2) is 23.4 Å². The second-order valence-corrected chi connectivity index (χ2v) is 16.1. The first kappa shape index (κ1) is 43.9. The molecule has 0 aromatic carbocycles. The summed E-state index contributed by atoms with van der Waals surface area (Å²) in [4.78, 5) is 0. The Bertz CT molecular complexity index is 406. The molecule has 0 spiro atoms. The first-order valence-corrected chi connectivity index (χ1v) is 22.0. The summed E-state index contributed by atoms with van der Waals surface area (Å²) in [6, 6.07) is 0. The van der Waals surface area contributed by atoms with E-state index >= 15 is 0 Å². The van der Waals surface area contributed by atoms with Crippen molar-refractivity contribution < 1.29 is 10.2 Å². The molecule has 3 fully saturated rings. The third-order valence-corrected chi connectivity index (χ3v) is 11.6. The second kappa shape index (κ2) is 36.2. The third kappa shape index (κ3) is 30.0. The van der Waals surface area contributed by atoms with Crippen molar-refractivity contribution in [3.63, 3.8) is 0 Å². The van der Waals surface area contributed by atoms with E-state index in [1.165, 1.54) is 250 Å². The Morgan fingerprint density at radius 3 is 0.413 bits per heavy atom. The molecule has 0 aromatic heterocycles. The van der Waals surface area contributed by atoms with Crippen molar-refractivity contribution in [1.82, 2.24) is 0 Å². The predicted molar refractivity (Wildman–Crippen MR) is 206 cm³/mol. The van der Waals surface area contributed by atoms with Crippen molar-refractivity contribution in [3.05, 3.63) is 0 Å². The number of rotatable bonds is 2. The minimum Gasteiger partial charge on any atom is -0.396 e. The number of aliphatic hydroxyl groups excluding tert-OH is 2. The van der Waals surface area contributed by atoms with Gasteiger partial charge in [-0.3, -0.25) is 0 Å². The highest BCUT2D eigenvalue weighted by Gasteiger charge is 2.27. The van der Waals surface area contributed by atoms with Gasteiger partial charge in [-0.1, -0.05) is 250 Å². The molecule has 2 N–H and O–H groups in total. The van der Waals surface area contributed by atoms with Gasteiger partial charge in [0.25, 0.3) is 0 Å². The molecule has 276 valence electrons. The lowest BCUT2D eigenvalue weighted by Gasteiger charge is -2.30.